The smallest absolute Gasteiger partial charge is 0.0715 e. The van der Waals surface area contributed by atoms with Crippen LogP contribution >= 0.6 is 0 Å². The predicted molar refractivity (Wildman–Crippen MR) is 208 cm³/mol. The lowest BCUT2D eigenvalue weighted by Gasteiger charge is -2.38. The minimum atomic E-state index is -0.327. The molecule has 240 valence electrons. The van der Waals surface area contributed by atoms with Gasteiger partial charge in [-0.25, -0.2) is 4.98 Å². The summed E-state index contributed by atoms with van der Waals surface area (Å²) in [5.41, 5.74) is 17.1. The first kappa shape index (κ1) is 30.8. The molecule has 0 spiro atoms. The fraction of sp³-hybridized carbons (Fsp3) is 0.170. The predicted octanol–water partition coefficient (Wildman–Crippen LogP) is 11.7. The number of benzene rings is 3. The molecule has 1 unspecified atom stereocenters. The summed E-state index contributed by atoms with van der Waals surface area (Å²) in [6, 6.07) is 31.0. The molecule has 1 N–H and O–H groups in total. The second-order valence-corrected chi connectivity index (χ2v) is 13.2. The molecule has 0 bridgehead atoms. The fourth-order valence-corrected chi connectivity index (χ4v) is 8.26. The lowest BCUT2D eigenvalue weighted by atomic mass is 9.64. The van der Waals surface area contributed by atoms with Crippen molar-refractivity contribution in [3.63, 3.8) is 0 Å². The van der Waals surface area contributed by atoms with E-state index in [2.05, 4.69) is 152 Å². The Hall–Kier alpha value is -5.47. The molecule has 0 amide bonds. The molecule has 0 saturated carbocycles. The van der Waals surface area contributed by atoms with Crippen LogP contribution in [0.25, 0.3) is 44.7 Å². The maximum atomic E-state index is 5.08. The van der Waals surface area contributed by atoms with Gasteiger partial charge in [0.1, 0.15) is 0 Å². The minimum Gasteiger partial charge on any atom is -0.387 e. The highest BCUT2D eigenvalue weighted by Crippen LogP contribution is 2.60. The van der Waals surface area contributed by atoms with Crippen LogP contribution in [-0.2, 0) is 5.41 Å². The minimum absolute atomic E-state index is 0.327. The topological polar surface area (TPSA) is 24.9 Å². The fourth-order valence-electron chi connectivity index (χ4n) is 8.26. The van der Waals surface area contributed by atoms with Crippen LogP contribution in [0.2, 0.25) is 0 Å². The third kappa shape index (κ3) is 5.33. The van der Waals surface area contributed by atoms with E-state index < -0.39 is 0 Å². The van der Waals surface area contributed by atoms with Crippen LogP contribution in [0.4, 0.5) is 0 Å². The van der Waals surface area contributed by atoms with Gasteiger partial charge in [-0.3, -0.25) is 0 Å². The molecule has 0 fully saturated rings. The van der Waals surface area contributed by atoms with Gasteiger partial charge in [-0.1, -0.05) is 122 Å². The summed E-state index contributed by atoms with van der Waals surface area (Å²) in [6.45, 7) is 6.97. The SMILES string of the molecule is C=C/C(=C\C)c1cc(-c2cccc(-c3cccc4c3C3=C(C=CCC3)C4(C3=CCCCC=C3)C3=CCNC=C3)c2)cc(-c2ccccc2)n1. The van der Waals surface area contributed by atoms with Gasteiger partial charge < -0.3 is 5.32 Å². The largest absolute Gasteiger partial charge is 0.387 e. The van der Waals surface area contributed by atoms with E-state index in [9.17, 15) is 0 Å². The summed E-state index contributed by atoms with van der Waals surface area (Å²) < 4.78 is 0. The Morgan fingerprint density at radius 2 is 1.59 bits per heavy atom. The first-order valence-corrected chi connectivity index (χ1v) is 17.7. The number of hydrogen-bond donors (Lipinski definition) is 1. The third-order valence-electron chi connectivity index (χ3n) is 10.5. The number of allylic oxidation sites excluding steroid dienone is 13. The summed E-state index contributed by atoms with van der Waals surface area (Å²) in [5, 5.41) is 3.42. The van der Waals surface area contributed by atoms with Gasteiger partial charge in [0.25, 0.3) is 0 Å². The van der Waals surface area contributed by atoms with Crippen molar-refractivity contribution in [2.45, 2.75) is 44.4 Å². The van der Waals surface area contributed by atoms with E-state index in [1.54, 1.807) is 0 Å². The van der Waals surface area contributed by atoms with Gasteiger partial charge >= 0.3 is 0 Å². The van der Waals surface area contributed by atoms with Crippen LogP contribution in [0, 0.1) is 0 Å². The molecule has 1 atom stereocenters. The molecule has 3 aromatic carbocycles. The molecular formula is C47H42N2. The average molecular weight is 635 g/mol. The Labute approximate surface area is 291 Å². The Bertz CT molecular complexity index is 2160. The Balaban J connectivity index is 1.33. The van der Waals surface area contributed by atoms with Gasteiger partial charge in [0.2, 0.25) is 0 Å². The number of hydrogen-bond acceptors (Lipinski definition) is 2. The van der Waals surface area contributed by atoms with E-state index in [1.165, 1.54) is 56.5 Å². The lowest BCUT2D eigenvalue weighted by molar-refractivity contribution is 0.732. The highest BCUT2D eigenvalue weighted by molar-refractivity contribution is 5.96. The summed E-state index contributed by atoms with van der Waals surface area (Å²) in [7, 11) is 0. The molecule has 2 nitrogen and oxygen atoms in total. The van der Waals surface area contributed by atoms with E-state index in [0.717, 1.165) is 60.3 Å². The van der Waals surface area contributed by atoms with Crippen molar-refractivity contribution in [2.24, 2.45) is 0 Å². The zero-order valence-electron chi connectivity index (χ0n) is 28.3. The molecule has 2 heteroatoms. The number of pyridine rings is 1. The van der Waals surface area contributed by atoms with Gasteiger partial charge in [0, 0.05) is 12.1 Å². The van der Waals surface area contributed by atoms with Crippen LogP contribution in [0.1, 0.15) is 55.8 Å². The molecule has 0 radical (unpaired) electrons. The van der Waals surface area contributed by atoms with Crippen LogP contribution in [-0.4, -0.2) is 11.5 Å². The second-order valence-electron chi connectivity index (χ2n) is 13.2. The van der Waals surface area contributed by atoms with Crippen molar-refractivity contribution in [3.8, 4) is 33.5 Å². The molecule has 1 aromatic heterocycles. The van der Waals surface area contributed by atoms with Crippen molar-refractivity contribution >= 4 is 11.1 Å². The highest BCUT2D eigenvalue weighted by Gasteiger charge is 2.49. The molecule has 8 rings (SSSR count). The molecule has 1 aliphatic heterocycles. The van der Waals surface area contributed by atoms with Gasteiger partial charge in [-0.15, -0.1) is 0 Å². The third-order valence-corrected chi connectivity index (χ3v) is 10.5. The molecular weight excluding hydrogens is 593 g/mol. The van der Waals surface area contributed by atoms with Crippen molar-refractivity contribution in [1.82, 2.24) is 10.3 Å². The van der Waals surface area contributed by atoms with Crippen molar-refractivity contribution in [3.05, 3.63) is 186 Å². The maximum Gasteiger partial charge on any atom is 0.0715 e. The lowest BCUT2D eigenvalue weighted by Crippen LogP contribution is -2.32. The normalized spacial score (nSPS) is 19.8. The van der Waals surface area contributed by atoms with Crippen LogP contribution < -0.4 is 5.32 Å². The Kier molecular flexibility index (Phi) is 8.31. The Morgan fingerprint density at radius 3 is 2.43 bits per heavy atom. The summed E-state index contributed by atoms with van der Waals surface area (Å²) in [4.78, 5) is 5.08. The highest BCUT2D eigenvalue weighted by atomic mass is 14.8. The van der Waals surface area contributed by atoms with E-state index in [-0.39, 0.29) is 5.41 Å². The number of rotatable bonds is 7. The second kappa shape index (κ2) is 13.2. The van der Waals surface area contributed by atoms with E-state index >= 15 is 0 Å². The first-order valence-electron chi connectivity index (χ1n) is 17.7. The molecule has 2 heterocycles. The quantitative estimate of drug-likeness (QED) is 0.205. The molecule has 4 aromatic rings. The molecule has 4 aliphatic rings. The van der Waals surface area contributed by atoms with Crippen LogP contribution in [0.15, 0.2) is 169 Å². The number of nitrogens with zero attached hydrogens (tertiary/aromatic N) is 1. The molecule has 0 saturated heterocycles. The van der Waals surface area contributed by atoms with Gasteiger partial charge in [0.05, 0.1) is 16.8 Å². The molecule has 3 aliphatic carbocycles. The first-order chi connectivity index (χ1) is 24.2. The van der Waals surface area contributed by atoms with Crippen molar-refractivity contribution < 1.29 is 0 Å². The number of nitrogens with one attached hydrogen (secondary N) is 1. The standard InChI is InChI=1S/C47H42N2/c1-3-33(4-2)44-31-37(32-45(49-44)34-16-8-7-9-17-34)35-18-14-19-36(30-35)40-23-15-25-43-46(40)41-22-12-13-24-42(41)47(43,39-26-28-48-29-27-39)38-20-10-5-6-11-21-38/h3-4,7-10,13-21,23-28,30-32,48H,1,5-6,11-12,22,29H2,2H3/b33-4+. The van der Waals surface area contributed by atoms with Crippen LogP contribution in [0.3, 0.4) is 0 Å². The monoisotopic (exact) mass is 634 g/mol. The van der Waals surface area contributed by atoms with Crippen LogP contribution in [0.5, 0.6) is 0 Å². The van der Waals surface area contributed by atoms with E-state index in [4.69, 9.17) is 4.98 Å². The zero-order chi connectivity index (χ0) is 33.2. The molecule has 49 heavy (non-hydrogen) atoms. The number of aromatic nitrogens is 1. The number of fused-ring (bicyclic) bond motifs is 2. The summed E-state index contributed by atoms with van der Waals surface area (Å²) in [5.74, 6) is 0. The van der Waals surface area contributed by atoms with E-state index in [1.807, 2.05) is 13.0 Å². The summed E-state index contributed by atoms with van der Waals surface area (Å²) in [6.07, 6.45) is 28.5. The van der Waals surface area contributed by atoms with Gasteiger partial charge in [0.15, 0.2) is 0 Å². The summed E-state index contributed by atoms with van der Waals surface area (Å²) >= 11 is 0. The van der Waals surface area contributed by atoms with Crippen molar-refractivity contribution in [2.75, 3.05) is 6.54 Å². The maximum absolute atomic E-state index is 5.08. The number of dihydropyridines is 1. The van der Waals surface area contributed by atoms with E-state index in [0.29, 0.717) is 0 Å². The van der Waals surface area contributed by atoms with Crippen molar-refractivity contribution in [1.29, 1.82) is 0 Å². The van der Waals surface area contributed by atoms with Gasteiger partial charge in [-0.2, -0.15) is 0 Å². The average Bonchev–Trinajstić information content (AvgIpc) is 3.27. The Morgan fingerprint density at radius 1 is 0.776 bits per heavy atom. The zero-order valence-corrected chi connectivity index (χ0v) is 28.3. The van der Waals surface area contributed by atoms with Gasteiger partial charge in [-0.05, 0) is 131 Å².